The third kappa shape index (κ3) is 4.03. The van der Waals surface area contributed by atoms with Crippen LogP contribution in [-0.2, 0) is 6.54 Å². The summed E-state index contributed by atoms with van der Waals surface area (Å²) in [5.74, 6) is 0.368. The smallest absolute Gasteiger partial charge is 0.140 e. The Morgan fingerprint density at radius 3 is 2.89 bits per heavy atom. The molecule has 138 valence electrons. The summed E-state index contributed by atoms with van der Waals surface area (Å²) < 4.78 is 14.2. The van der Waals surface area contributed by atoms with E-state index in [-0.39, 0.29) is 5.56 Å². The van der Waals surface area contributed by atoms with Crippen LogP contribution in [0.4, 0.5) is 10.2 Å². The van der Waals surface area contributed by atoms with E-state index in [1.54, 1.807) is 18.5 Å². The van der Waals surface area contributed by atoms with E-state index in [2.05, 4.69) is 20.2 Å². The number of rotatable bonds is 4. The number of benzene rings is 1. The summed E-state index contributed by atoms with van der Waals surface area (Å²) in [5.41, 5.74) is 1.07. The summed E-state index contributed by atoms with van der Waals surface area (Å²) >= 11 is 7.55. The van der Waals surface area contributed by atoms with E-state index in [9.17, 15) is 4.39 Å². The van der Waals surface area contributed by atoms with Crippen molar-refractivity contribution in [2.24, 2.45) is 0 Å². The Hall–Kier alpha value is -2.27. The molecule has 1 N–H and O–H groups in total. The third-order valence-corrected chi connectivity index (χ3v) is 5.96. The summed E-state index contributed by atoms with van der Waals surface area (Å²) in [6.07, 6.45) is 3.53. The number of nitrogens with one attached hydrogen (secondary N) is 1. The first-order valence-electron chi connectivity index (χ1n) is 8.70. The molecule has 0 spiro atoms. The van der Waals surface area contributed by atoms with Gasteiger partial charge in [0.2, 0.25) is 0 Å². The van der Waals surface area contributed by atoms with Gasteiger partial charge in [-0.3, -0.25) is 4.90 Å². The molecule has 8 heteroatoms. The van der Waals surface area contributed by atoms with E-state index < -0.39 is 5.82 Å². The van der Waals surface area contributed by atoms with Gasteiger partial charge in [-0.2, -0.15) is 5.26 Å². The normalized spacial score (nSPS) is 15.7. The molecule has 2 aromatic heterocycles. The lowest BCUT2D eigenvalue weighted by molar-refractivity contribution is 0.211. The summed E-state index contributed by atoms with van der Waals surface area (Å²) in [6, 6.07) is 8.89. The van der Waals surface area contributed by atoms with Gasteiger partial charge >= 0.3 is 0 Å². The van der Waals surface area contributed by atoms with E-state index >= 15 is 0 Å². The highest BCUT2D eigenvalue weighted by Crippen LogP contribution is 2.32. The summed E-state index contributed by atoms with van der Waals surface area (Å²) in [4.78, 5) is 11.8. The summed E-state index contributed by atoms with van der Waals surface area (Å²) in [7, 11) is 0. The van der Waals surface area contributed by atoms with Crippen LogP contribution in [0.2, 0.25) is 4.34 Å². The van der Waals surface area contributed by atoms with E-state index in [0.29, 0.717) is 10.4 Å². The fraction of sp³-hybridized carbons (Fsp3) is 0.316. The molecule has 0 atom stereocenters. The van der Waals surface area contributed by atoms with E-state index in [1.807, 2.05) is 12.1 Å². The molecule has 1 aliphatic rings. The van der Waals surface area contributed by atoms with E-state index in [4.69, 9.17) is 16.9 Å². The van der Waals surface area contributed by atoms with Gasteiger partial charge in [-0.1, -0.05) is 17.7 Å². The highest BCUT2D eigenvalue weighted by atomic mass is 35.5. The van der Waals surface area contributed by atoms with Gasteiger partial charge in [0.1, 0.15) is 28.9 Å². The summed E-state index contributed by atoms with van der Waals surface area (Å²) in [5, 5.41) is 13.5. The molecule has 5 nitrogen and oxygen atoms in total. The van der Waals surface area contributed by atoms with Crippen LogP contribution in [0.3, 0.4) is 0 Å². The quantitative estimate of drug-likeness (QED) is 0.700. The number of piperidine rings is 1. The molecule has 1 fully saturated rings. The van der Waals surface area contributed by atoms with Gasteiger partial charge in [0, 0.05) is 25.7 Å². The largest absolute Gasteiger partial charge is 0.367 e. The number of halogens is 2. The Morgan fingerprint density at radius 1 is 1.30 bits per heavy atom. The Labute approximate surface area is 165 Å². The fourth-order valence-electron chi connectivity index (χ4n) is 3.38. The van der Waals surface area contributed by atoms with Crippen molar-refractivity contribution in [1.29, 1.82) is 5.26 Å². The van der Waals surface area contributed by atoms with Crippen molar-refractivity contribution in [1.82, 2.24) is 14.9 Å². The molecule has 0 saturated carbocycles. The zero-order valence-corrected chi connectivity index (χ0v) is 16.0. The van der Waals surface area contributed by atoms with Crippen molar-refractivity contribution in [2.75, 3.05) is 18.4 Å². The summed E-state index contributed by atoms with van der Waals surface area (Å²) in [6.45, 7) is 2.57. The lowest BCUT2D eigenvalue weighted by atomic mass is 10.0. The van der Waals surface area contributed by atoms with Crippen LogP contribution in [-0.4, -0.2) is 34.0 Å². The Morgan fingerprint density at radius 2 is 2.11 bits per heavy atom. The van der Waals surface area contributed by atoms with Crippen LogP contribution in [0, 0.1) is 17.1 Å². The molecule has 1 aliphatic heterocycles. The monoisotopic (exact) mass is 401 g/mol. The van der Waals surface area contributed by atoms with Crippen LogP contribution in [0.15, 0.2) is 30.6 Å². The van der Waals surface area contributed by atoms with Crippen molar-refractivity contribution < 1.29 is 4.39 Å². The molecule has 0 amide bonds. The number of nitriles is 1. The van der Waals surface area contributed by atoms with Crippen LogP contribution >= 0.6 is 22.9 Å². The molecule has 0 aliphatic carbocycles. The average Bonchev–Trinajstić information content (AvgIpc) is 3.06. The predicted octanol–water partition coefficient (Wildman–Crippen LogP) is 4.43. The second kappa shape index (κ2) is 7.77. The maximum absolute atomic E-state index is 13.5. The van der Waals surface area contributed by atoms with Gasteiger partial charge in [0.25, 0.3) is 0 Å². The molecule has 0 bridgehead atoms. The predicted molar refractivity (Wildman–Crippen MR) is 105 cm³/mol. The first-order valence-corrected chi connectivity index (χ1v) is 9.89. The van der Waals surface area contributed by atoms with E-state index in [1.165, 1.54) is 17.4 Å². The Balaban J connectivity index is 1.37. The fourth-order valence-corrected chi connectivity index (χ4v) is 4.44. The highest BCUT2D eigenvalue weighted by Gasteiger charge is 2.21. The zero-order valence-electron chi connectivity index (χ0n) is 14.5. The van der Waals surface area contributed by atoms with E-state index in [0.717, 1.165) is 54.1 Å². The topological polar surface area (TPSA) is 64.8 Å². The minimum atomic E-state index is -0.464. The van der Waals surface area contributed by atoms with Crippen LogP contribution in [0.25, 0.3) is 10.2 Å². The molecule has 3 aromatic rings. The molecule has 0 unspecified atom stereocenters. The number of anilines is 1. The lowest BCUT2D eigenvalue weighted by Crippen LogP contribution is -2.38. The van der Waals surface area contributed by atoms with Crippen molar-refractivity contribution in [3.8, 4) is 6.07 Å². The first kappa shape index (κ1) is 18.1. The van der Waals surface area contributed by atoms with Crippen molar-refractivity contribution >= 4 is 39.0 Å². The molecular weight excluding hydrogens is 385 g/mol. The Bertz CT molecular complexity index is 1010. The van der Waals surface area contributed by atoms with Crippen molar-refractivity contribution in [2.45, 2.75) is 25.4 Å². The first-order chi connectivity index (χ1) is 13.1. The molecule has 1 aromatic carbocycles. The van der Waals surface area contributed by atoms with Crippen LogP contribution in [0.1, 0.15) is 24.0 Å². The number of nitrogens with zero attached hydrogens (tertiary/aromatic N) is 4. The minimum Gasteiger partial charge on any atom is -0.367 e. The van der Waals surface area contributed by atoms with Crippen molar-refractivity contribution in [3.05, 3.63) is 51.9 Å². The van der Waals surface area contributed by atoms with Gasteiger partial charge in [-0.15, -0.1) is 11.3 Å². The second-order valence-corrected chi connectivity index (χ2v) is 8.27. The average molecular weight is 402 g/mol. The number of aromatic nitrogens is 2. The number of hydrogen-bond acceptors (Lipinski definition) is 6. The van der Waals surface area contributed by atoms with Gasteiger partial charge in [0.05, 0.1) is 15.3 Å². The van der Waals surface area contributed by atoms with Gasteiger partial charge in [-0.05, 0) is 36.6 Å². The molecule has 0 radical (unpaired) electrons. The maximum atomic E-state index is 13.5. The molecule has 1 saturated heterocycles. The Kier molecular flexibility index (Phi) is 5.21. The zero-order chi connectivity index (χ0) is 18.8. The SMILES string of the molecule is N#Cc1cc(CN2CCC(Nc3ncnc4sc(Cl)cc34)CC2)ccc1F. The number of likely N-dealkylation sites (tertiary alicyclic amines) is 1. The molecule has 4 rings (SSSR count). The second-order valence-electron chi connectivity index (χ2n) is 6.61. The molecular formula is C19H17ClFN5S. The standard InChI is InChI=1S/C19H17ClFN5S/c20-17-8-15-18(23-11-24-19(15)27-17)25-14-3-5-26(6-4-14)10-12-1-2-16(21)13(7-12)9-22/h1-2,7-8,11,14H,3-6,10H2,(H,23,24,25). The number of fused-ring (bicyclic) bond motifs is 1. The van der Waals surface area contributed by atoms with Gasteiger partial charge in [0.15, 0.2) is 0 Å². The highest BCUT2D eigenvalue weighted by molar-refractivity contribution is 7.22. The minimum absolute atomic E-state index is 0.103. The number of thiophene rings is 1. The lowest BCUT2D eigenvalue weighted by Gasteiger charge is -2.32. The van der Waals surface area contributed by atoms with Gasteiger partial charge in [-0.25, -0.2) is 14.4 Å². The van der Waals surface area contributed by atoms with Crippen molar-refractivity contribution in [3.63, 3.8) is 0 Å². The van der Waals surface area contributed by atoms with Crippen LogP contribution < -0.4 is 5.32 Å². The molecule has 3 heterocycles. The van der Waals surface area contributed by atoms with Crippen LogP contribution in [0.5, 0.6) is 0 Å². The maximum Gasteiger partial charge on any atom is 0.140 e. The van der Waals surface area contributed by atoms with Gasteiger partial charge < -0.3 is 5.32 Å². The third-order valence-electron chi connectivity index (χ3n) is 4.79. The molecule has 27 heavy (non-hydrogen) atoms. The number of hydrogen-bond donors (Lipinski definition) is 1.